The quantitative estimate of drug-likeness (QED) is 0.275. The summed E-state index contributed by atoms with van der Waals surface area (Å²) in [6, 6.07) is 10.9. The van der Waals surface area contributed by atoms with Crippen molar-refractivity contribution in [2.45, 2.75) is 32.7 Å². The molecular weight excluding hydrogens is 509 g/mol. The van der Waals surface area contributed by atoms with Crippen LogP contribution in [0.4, 0.5) is 27.6 Å². The minimum Gasteiger partial charge on any atom is -0.435 e. The van der Waals surface area contributed by atoms with Crippen LogP contribution in [0.25, 0.3) is 38.8 Å². The van der Waals surface area contributed by atoms with Gasteiger partial charge in [0.2, 0.25) is 0 Å². The van der Waals surface area contributed by atoms with E-state index in [2.05, 4.69) is 14.8 Å². The molecule has 0 saturated heterocycles. The van der Waals surface area contributed by atoms with Gasteiger partial charge in [-0.3, -0.25) is 19.0 Å². The average Bonchev–Trinajstić information content (AvgIpc) is 3.28. The van der Waals surface area contributed by atoms with Gasteiger partial charge in [0.1, 0.15) is 11.3 Å². The maximum absolute atomic E-state index is 13.9. The Morgan fingerprint density at radius 1 is 1.03 bits per heavy atom. The van der Waals surface area contributed by atoms with Crippen molar-refractivity contribution in [2.75, 3.05) is 5.73 Å². The monoisotopic (exact) mass is 529 g/mol. The summed E-state index contributed by atoms with van der Waals surface area (Å²) in [6.45, 7) is 0.859. The van der Waals surface area contributed by atoms with E-state index in [1.54, 1.807) is 22.9 Å². The zero-order valence-corrected chi connectivity index (χ0v) is 20.0. The first-order valence-electron chi connectivity index (χ1n) is 11.4. The molecule has 0 aliphatic carbocycles. The first kappa shape index (κ1) is 25.2. The predicted molar refractivity (Wildman–Crippen MR) is 132 cm³/mol. The molecular formula is C26H20F5N5O2. The Morgan fingerprint density at radius 3 is 2.37 bits per heavy atom. The third-order valence-electron chi connectivity index (χ3n) is 6.04. The van der Waals surface area contributed by atoms with E-state index in [1.165, 1.54) is 24.3 Å². The third kappa shape index (κ3) is 4.42. The van der Waals surface area contributed by atoms with Crippen LogP contribution in [0.3, 0.4) is 0 Å². The Bertz CT molecular complexity index is 1720. The summed E-state index contributed by atoms with van der Waals surface area (Å²) in [7, 11) is 0. The zero-order chi connectivity index (χ0) is 27.4. The van der Waals surface area contributed by atoms with Crippen molar-refractivity contribution in [3.63, 3.8) is 0 Å². The maximum Gasteiger partial charge on any atom is 0.417 e. The number of nitrogen functional groups attached to an aromatic ring is 1. The highest BCUT2D eigenvalue weighted by molar-refractivity contribution is 5.98. The molecule has 0 unspecified atom stereocenters. The summed E-state index contributed by atoms with van der Waals surface area (Å²) in [5, 5.41) is 5.22. The minimum absolute atomic E-state index is 0.0249. The van der Waals surface area contributed by atoms with Crippen molar-refractivity contribution in [3.8, 4) is 22.6 Å². The van der Waals surface area contributed by atoms with E-state index >= 15 is 0 Å². The van der Waals surface area contributed by atoms with Crippen LogP contribution in [0.1, 0.15) is 25.5 Å². The van der Waals surface area contributed by atoms with Gasteiger partial charge in [0, 0.05) is 29.5 Å². The molecule has 7 nitrogen and oxygen atoms in total. The molecule has 0 amide bonds. The van der Waals surface area contributed by atoms with Crippen LogP contribution in [0.15, 0.2) is 65.7 Å². The Hall–Kier alpha value is -4.48. The van der Waals surface area contributed by atoms with Crippen LogP contribution in [-0.4, -0.2) is 25.9 Å². The molecule has 0 atom stereocenters. The highest BCUT2D eigenvalue weighted by Gasteiger charge is 2.32. The standard InChI is InChI=1S/C26H20F5N5O2/c1-13(2)35-12-15-9-14(3-8-19(15)34-35)21-22(32)23-20(10-16(11-33-23)26(29,30)31)36(24(21)37)17-4-6-18(7-5-17)38-25(27)28/h3-13,25H,32H2,1-2H3. The number of fused-ring (bicyclic) bond motifs is 2. The Labute approximate surface area is 211 Å². The van der Waals surface area contributed by atoms with Gasteiger partial charge in [-0.05, 0) is 61.9 Å². The van der Waals surface area contributed by atoms with Crippen molar-refractivity contribution in [2.24, 2.45) is 0 Å². The fraction of sp³-hybridized carbons (Fsp3) is 0.192. The normalized spacial score (nSPS) is 12.2. The molecule has 0 saturated carbocycles. The summed E-state index contributed by atoms with van der Waals surface area (Å²) in [6.07, 6.45) is -2.27. The van der Waals surface area contributed by atoms with Crippen molar-refractivity contribution in [3.05, 3.63) is 76.8 Å². The molecule has 0 aliphatic heterocycles. The lowest BCUT2D eigenvalue weighted by atomic mass is 10.0. The first-order valence-corrected chi connectivity index (χ1v) is 11.4. The molecule has 196 valence electrons. The smallest absolute Gasteiger partial charge is 0.417 e. The lowest BCUT2D eigenvalue weighted by Crippen LogP contribution is -2.23. The lowest BCUT2D eigenvalue weighted by molar-refractivity contribution is -0.137. The number of ether oxygens (including phenoxy) is 1. The van der Waals surface area contributed by atoms with E-state index in [0.29, 0.717) is 17.3 Å². The van der Waals surface area contributed by atoms with Crippen LogP contribution in [-0.2, 0) is 6.18 Å². The molecule has 3 aromatic heterocycles. The highest BCUT2D eigenvalue weighted by atomic mass is 19.4. The van der Waals surface area contributed by atoms with E-state index in [1.807, 2.05) is 20.0 Å². The number of hydrogen-bond acceptors (Lipinski definition) is 5. The first-order chi connectivity index (χ1) is 17.9. The van der Waals surface area contributed by atoms with Crippen molar-refractivity contribution < 1.29 is 26.7 Å². The van der Waals surface area contributed by atoms with Crippen LogP contribution in [0.5, 0.6) is 5.75 Å². The number of nitrogens with two attached hydrogens (primary N) is 1. The number of benzene rings is 2. The average molecular weight is 529 g/mol. The van der Waals surface area contributed by atoms with Gasteiger partial charge in [-0.15, -0.1) is 0 Å². The molecule has 0 radical (unpaired) electrons. The van der Waals surface area contributed by atoms with E-state index in [4.69, 9.17) is 5.73 Å². The summed E-state index contributed by atoms with van der Waals surface area (Å²) in [5.41, 5.74) is 5.48. The van der Waals surface area contributed by atoms with Gasteiger partial charge in [0.15, 0.2) is 0 Å². The van der Waals surface area contributed by atoms with Gasteiger partial charge in [-0.1, -0.05) is 6.07 Å². The van der Waals surface area contributed by atoms with Crippen molar-refractivity contribution in [1.29, 1.82) is 0 Å². The molecule has 3 heterocycles. The number of rotatable bonds is 5. The van der Waals surface area contributed by atoms with Gasteiger partial charge in [0.25, 0.3) is 5.56 Å². The van der Waals surface area contributed by atoms with Crippen LogP contribution in [0, 0.1) is 0 Å². The molecule has 0 spiro atoms. The van der Waals surface area contributed by atoms with Crippen LogP contribution >= 0.6 is 0 Å². The number of pyridine rings is 2. The Balaban J connectivity index is 1.79. The number of anilines is 1. The van der Waals surface area contributed by atoms with Gasteiger partial charge >= 0.3 is 12.8 Å². The maximum atomic E-state index is 13.9. The topological polar surface area (TPSA) is 88.0 Å². The Morgan fingerprint density at radius 2 is 1.74 bits per heavy atom. The molecule has 2 aromatic carbocycles. The van der Waals surface area contributed by atoms with Crippen LogP contribution < -0.4 is 16.0 Å². The third-order valence-corrected chi connectivity index (χ3v) is 6.04. The molecule has 0 aliphatic rings. The number of nitrogens with zero attached hydrogens (tertiary/aromatic N) is 4. The second kappa shape index (κ2) is 9.12. The number of halogens is 5. The van der Waals surface area contributed by atoms with Crippen molar-refractivity contribution >= 4 is 27.6 Å². The fourth-order valence-electron chi connectivity index (χ4n) is 4.22. The number of hydrogen-bond donors (Lipinski definition) is 1. The van der Waals surface area contributed by atoms with E-state index in [-0.39, 0.29) is 39.8 Å². The second-order valence-corrected chi connectivity index (χ2v) is 8.87. The molecule has 5 rings (SSSR count). The second-order valence-electron chi connectivity index (χ2n) is 8.87. The SMILES string of the molecule is CC(C)n1cc2cc(-c3c(N)c4ncc(C(F)(F)F)cc4n(-c4ccc(OC(F)F)cc4)c3=O)ccc2n1. The summed E-state index contributed by atoms with van der Waals surface area (Å²) in [4.78, 5) is 17.8. The molecule has 12 heteroatoms. The minimum atomic E-state index is -4.73. The number of aromatic nitrogens is 4. The largest absolute Gasteiger partial charge is 0.435 e. The molecule has 5 aromatic rings. The van der Waals surface area contributed by atoms with Crippen molar-refractivity contribution in [1.82, 2.24) is 19.3 Å². The summed E-state index contributed by atoms with van der Waals surface area (Å²) < 4.78 is 72.9. The summed E-state index contributed by atoms with van der Waals surface area (Å²) >= 11 is 0. The van der Waals surface area contributed by atoms with Gasteiger partial charge in [-0.25, -0.2) is 0 Å². The van der Waals surface area contributed by atoms with Crippen LogP contribution in [0.2, 0.25) is 0 Å². The zero-order valence-electron chi connectivity index (χ0n) is 20.0. The van der Waals surface area contributed by atoms with Gasteiger partial charge in [0.05, 0.1) is 27.8 Å². The molecule has 0 fully saturated rings. The van der Waals surface area contributed by atoms with E-state index in [0.717, 1.165) is 16.0 Å². The lowest BCUT2D eigenvalue weighted by Gasteiger charge is -2.17. The molecule has 2 N–H and O–H groups in total. The Kier molecular flexibility index (Phi) is 6.04. The molecule has 38 heavy (non-hydrogen) atoms. The van der Waals surface area contributed by atoms with E-state index in [9.17, 15) is 26.7 Å². The molecule has 0 bridgehead atoms. The highest BCUT2D eigenvalue weighted by Crippen LogP contribution is 2.35. The number of alkyl halides is 5. The van der Waals surface area contributed by atoms with Gasteiger partial charge < -0.3 is 10.5 Å². The fourth-order valence-corrected chi connectivity index (χ4v) is 4.22. The van der Waals surface area contributed by atoms with Gasteiger partial charge in [-0.2, -0.15) is 27.1 Å². The predicted octanol–water partition coefficient (Wildman–Crippen LogP) is 6.19. The summed E-state index contributed by atoms with van der Waals surface area (Å²) in [5.74, 6) is -0.182. The van der Waals surface area contributed by atoms with E-state index < -0.39 is 23.9 Å².